The first-order chi connectivity index (χ1) is 22.9. The van der Waals surface area contributed by atoms with Gasteiger partial charge in [0.25, 0.3) is 5.91 Å². The van der Waals surface area contributed by atoms with Gasteiger partial charge >= 0.3 is 0 Å². The van der Waals surface area contributed by atoms with Gasteiger partial charge in [0, 0.05) is 17.5 Å². The predicted molar refractivity (Wildman–Crippen MR) is 185 cm³/mol. The molecular weight excluding hydrogens is 608 g/mol. The van der Waals surface area contributed by atoms with Gasteiger partial charge in [0.05, 0.1) is 30.1 Å². The highest BCUT2D eigenvalue weighted by Gasteiger charge is 2.30. The molecule has 11 nitrogen and oxygen atoms in total. The van der Waals surface area contributed by atoms with Crippen molar-refractivity contribution in [3.8, 4) is 0 Å². The SMILES string of the molecule is CC(C)(C)NC(=O)C(Cc1ccccc1)NCC(O)C(Cc1ccccc1)NC(=O)C(CC(N)=O)NC(=O)c1ccc2ccccc2n1. The molecule has 1 heterocycles. The van der Waals surface area contributed by atoms with Crippen LogP contribution in [0.15, 0.2) is 97.1 Å². The number of aliphatic hydroxyl groups excluding tert-OH is 1. The molecule has 7 N–H and O–H groups in total. The van der Waals surface area contributed by atoms with Gasteiger partial charge in [-0.2, -0.15) is 0 Å². The standard InChI is InChI=1S/C37H44N6O5/c1-37(2,3)43-36(48)30(21-25-14-8-5-9-15-25)39-23-32(44)29(20-24-12-6-4-7-13-24)41-35(47)31(22-33(38)45)42-34(46)28-19-18-26-16-10-11-17-27(26)40-28/h4-19,29-32,39,44H,20-23H2,1-3H3,(H2,38,45)(H,41,47)(H,42,46)(H,43,48). The van der Waals surface area contributed by atoms with Crippen LogP contribution in [-0.4, -0.2) is 70.0 Å². The number of hydrogen-bond acceptors (Lipinski definition) is 7. The minimum atomic E-state index is -1.33. The fourth-order valence-electron chi connectivity index (χ4n) is 5.24. The van der Waals surface area contributed by atoms with E-state index in [9.17, 15) is 24.3 Å². The Kier molecular flexibility index (Phi) is 12.4. The summed E-state index contributed by atoms with van der Waals surface area (Å²) in [6, 6.07) is 26.5. The molecule has 0 radical (unpaired) electrons. The molecule has 0 aliphatic rings. The van der Waals surface area contributed by atoms with Crippen LogP contribution in [0.1, 0.15) is 48.8 Å². The van der Waals surface area contributed by atoms with Crippen molar-refractivity contribution in [1.29, 1.82) is 0 Å². The maximum Gasteiger partial charge on any atom is 0.270 e. The number of para-hydroxylation sites is 1. The van der Waals surface area contributed by atoms with E-state index in [1.54, 1.807) is 18.2 Å². The van der Waals surface area contributed by atoms with Crippen molar-refractivity contribution in [3.05, 3.63) is 114 Å². The van der Waals surface area contributed by atoms with Gasteiger partial charge in [0.15, 0.2) is 0 Å². The second-order valence-electron chi connectivity index (χ2n) is 12.8. The number of benzene rings is 3. The number of pyridine rings is 1. The van der Waals surface area contributed by atoms with Crippen LogP contribution in [0.2, 0.25) is 0 Å². The molecule has 0 saturated heterocycles. The average Bonchev–Trinajstić information content (AvgIpc) is 3.05. The molecule has 0 aliphatic heterocycles. The Morgan fingerprint density at radius 1 is 0.750 bits per heavy atom. The second-order valence-corrected chi connectivity index (χ2v) is 12.8. The number of aromatic nitrogens is 1. The lowest BCUT2D eigenvalue weighted by molar-refractivity contribution is -0.128. The second kappa shape index (κ2) is 16.6. The number of aliphatic hydroxyl groups is 1. The number of carbonyl (C=O) groups excluding carboxylic acids is 4. The largest absolute Gasteiger partial charge is 0.390 e. The zero-order valence-corrected chi connectivity index (χ0v) is 27.5. The Morgan fingerprint density at radius 2 is 1.35 bits per heavy atom. The highest BCUT2D eigenvalue weighted by molar-refractivity contribution is 5.99. The summed E-state index contributed by atoms with van der Waals surface area (Å²) < 4.78 is 0. The smallest absolute Gasteiger partial charge is 0.270 e. The Hall–Kier alpha value is -5.13. The lowest BCUT2D eigenvalue weighted by atomic mass is 9.99. The Balaban J connectivity index is 1.51. The van der Waals surface area contributed by atoms with Crippen molar-refractivity contribution in [2.24, 2.45) is 5.73 Å². The van der Waals surface area contributed by atoms with E-state index in [2.05, 4.69) is 26.3 Å². The lowest BCUT2D eigenvalue weighted by Gasteiger charge is -2.29. The molecule has 252 valence electrons. The topological polar surface area (TPSA) is 176 Å². The first-order valence-electron chi connectivity index (χ1n) is 15.9. The Bertz CT molecular complexity index is 1690. The molecule has 4 atom stereocenters. The van der Waals surface area contributed by atoms with Crippen molar-refractivity contribution in [2.45, 2.75) is 69.8 Å². The number of nitrogens with two attached hydrogens (primary N) is 1. The average molecular weight is 653 g/mol. The molecule has 0 fully saturated rings. The van der Waals surface area contributed by atoms with Gasteiger partial charge in [-0.05, 0) is 56.9 Å². The van der Waals surface area contributed by atoms with Crippen LogP contribution >= 0.6 is 0 Å². The van der Waals surface area contributed by atoms with Gasteiger partial charge in [-0.1, -0.05) is 84.9 Å². The molecule has 4 rings (SSSR count). The van der Waals surface area contributed by atoms with Gasteiger partial charge in [-0.3, -0.25) is 19.2 Å². The summed E-state index contributed by atoms with van der Waals surface area (Å²) in [5.41, 5.74) is 7.44. The van der Waals surface area contributed by atoms with Gasteiger partial charge < -0.3 is 32.1 Å². The minimum Gasteiger partial charge on any atom is -0.390 e. The van der Waals surface area contributed by atoms with E-state index in [0.29, 0.717) is 11.9 Å². The van der Waals surface area contributed by atoms with Crippen molar-refractivity contribution < 1.29 is 24.3 Å². The minimum absolute atomic E-state index is 0.0410. The van der Waals surface area contributed by atoms with Crippen LogP contribution in [0.5, 0.6) is 0 Å². The lowest BCUT2D eigenvalue weighted by Crippen LogP contribution is -2.57. The van der Waals surface area contributed by atoms with Crippen molar-refractivity contribution in [1.82, 2.24) is 26.3 Å². The number of primary amides is 1. The quantitative estimate of drug-likeness (QED) is 0.114. The van der Waals surface area contributed by atoms with Crippen molar-refractivity contribution in [3.63, 3.8) is 0 Å². The maximum absolute atomic E-state index is 13.7. The Labute approximate surface area is 280 Å². The summed E-state index contributed by atoms with van der Waals surface area (Å²) >= 11 is 0. The molecule has 0 spiro atoms. The van der Waals surface area contributed by atoms with E-state index >= 15 is 0 Å². The number of amides is 4. The molecule has 4 amide bonds. The van der Waals surface area contributed by atoms with E-state index < -0.39 is 53.9 Å². The number of nitrogens with one attached hydrogen (secondary N) is 4. The zero-order chi connectivity index (χ0) is 34.7. The Morgan fingerprint density at radius 3 is 1.98 bits per heavy atom. The van der Waals surface area contributed by atoms with Crippen molar-refractivity contribution in [2.75, 3.05) is 6.54 Å². The number of rotatable bonds is 15. The van der Waals surface area contributed by atoms with E-state index in [-0.39, 0.29) is 24.6 Å². The molecule has 4 unspecified atom stereocenters. The van der Waals surface area contributed by atoms with E-state index in [4.69, 9.17) is 5.73 Å². The van der Waals surface area contributed by atoms with Crippen LogP contribution < -0.4 is 27.0 Å². The number of carbonyl (C=O) groups is 4. The van der Waals surface area contributed by atoms with Crippen LogP contribution in [0.25, 0.3) is 10.9 Å². The molecule has 0 aliphatic carbocycles. The van der Waals surface area contributed by atoms with Gasteiger partial charge in [-0.15, -0.1) is 0 Å². The van der Waals surface area contributed by atoms with E-state index in [1.807, 2.05) is 93.6 Å². The van der Waals surface area contributed by atoms with Crippen LogP contribution in [0, 0.1) is 0 Å². The molecular formula is C37H44N6O5. The zero-order valence-electron chi connectivity index (χ0n) is 27.5. The van der Waals surface area contributed by atoms with Crippen molar-refractivity contribution >= 4 is 34.5 Å². The maximum atomic E-state index is 13.7. The van der Waals surface area contributed by atoms with Crippen LogP contribution in [0.3, 0.4) is 0 Å². The monoisotopic (exact) mass is 652 g/mol. The molecule has 0 saturated carbocycles. The first kappa shape index (κ1) is 35.7. The first-order valence-corrected chi connectivity index (χ1v) is 15.9. The van der Waals surface area contributed by atoms with Crippen LogP contribution in [-0.2, 0) is 27.2 Å². The summed E-state index contributed by atoms with van der Waals surface area (Å²) in [4.78, 5) is 56.5. The van der Waals surface area contributed by atoms with Crippen LogP contribution in [0.4, 0.5) is 0 Å². The third-order valence-electron chi connectivity index (χ3n) is 7.62. The summed E-state index contributed by atoms with van der Waals surface area (Å²) in [6.45, 7) is 5.63. The number of fused-ring (bicyclic) bond motifs is 1. The normalized spacial score (nSPS) is 13.9. The third-order valence-corrected chi connectivity index (χ3v) is 7.62. The number of hydrogen-bond donors (Lipinski definition) is 6. The van der Waals surface area contributed by atoms with E-state index in [0.717, 1.165) is 16.5 Å². The summed E-state index contributed by atoms with van der Waals surface area (Å²) in [6.07, 6.45) is -1.03. The fourth-order valence-corrected chi connectivity index (χ4v) is 5.24. The fraction of sp³-hybridized carbons (Fsp3) is 0.324. The molecule has 4 aromatic rings. The van der Waals surface area contributed by atoms with Gasteiger partial charge in [-0.25, -0.2) is 4.98 Å². The molecule has 1 aromatic heterocycles. The molecule has 11 heteroatoms. The summed E-state index contributed by atoms with van der Waals surface area (Å²) in [7, 11) is 0. The van der Waals surface area contributed by atoms with Gasteiger partial charge in [0.2, 0.25) is 17.7 Å². The summed E-state index contributed by atoms with van der Waals surface area (Å²) in [5.74, 6) is -2.38. The highest BCUT2D eigenvalue weighted by Crippen LogP contribution is 2.13. The molecule has 3 aromatic carbocycles. The third kappa shape index (κ3) is 11.0. The predicted octanol–water partition coefficient (Wildman–Crippen LogP) is 2.41. The van der Waals surface area contributed by atoms with E-state index in [1.165, 1.54) is 6.07 Å². The summed E-state index contributed by atoms with van der Waals surface area (Å²) in [5, 5.41) is 23.9. The molecule has 0 bridgehead atoms. The van der Waals surface area contributed by atoms with Gasteiger partial charge in [0.1, 0.15) is 11.7 Å². The molecule has 48 heavy (non-hydrogen) atoms. The highest BCUT2D eigenvalue weighted by atomic mass is 16.3. The number of nitrogens with zero attached hydrogens (tertiary/aromatic N) is 1.